The highest BCUT2D eigenvalue weighted by Crippen LogP contribution is 2.29. The van der Waals surface area contributed by atoms with Crippen molar-refractivity contribution in [2.75, 3.05) is 25.7 Å². The molecule has 0 unspecified atom stereocenters. The molecule has 9 nitrogen and oxygen atoms in total. The first-order valence-electron chi connectivity index (χ1n) is 6.82. The van der Waals surface area contributed by atoms with Crippen LogP contribution in [0.25, 0.3) is 11.1 Å². The van der Waals surface area contributed by atoms with Crippen molar-refractivity contribution in [2.45, 2.75) is 25.2 Å². The van der Waals surface area contributed by atoms with Gasteiger partial charge in [-0.25, -0.2) is 4.98 Å². The highest BCUT2D eigenvalue weighted by atomic mass is 16.7. The summed E-state index contributed by atoms with van der Waals surface area (Å²) in [4.78, 5) is 18.2. The van der Waals surface area contributed by atoms with Crippen LogP contribution in [0.4, 0.5) is 5.95 Å². The number of aromatic amines is 1. The molecule has 3 atom stereocenters. The molecule has 2 aromatic rings. The van der Waals surface area contributed by atoms with Crippen molar-refractivity contribution < 1.29 is 23.7 Å². The van der Waals surface area contributed by atoms with E-state index in [2.05, 4.69) is 9.97 Å². The van der Waals surface area contributed by atoms with Gasteiger partial charge in [0, 0.05) is 5.56 Å². The van der Waals surface area contributed by atoms with E-state index in [9.17, 15) is 9.90 Å². The van der Waals surface area contributed by atoms with Gasteiger partial charge in [0.25, 0.3) is 5.56 Å². The number of nitrogen functional groups attached to an aromatic ring is 1. The summed E-state index contributed by atoms with van der Waals surface area (Å²) in [6, 6.07) is 0. The molecule has 120 valence electrons. The van der Waals surface area contributed by atoms with Crippen molar-refractivity contribution in [3.8, 4) is 0 Å². The van der Waals surface area contributed by atoms with Crippen molar-refractivity contribution in [2.24, 2.45) is 0 Å². The number of nitrogens with two attached hydrogens (primary N) is 1. The summed E-state index contributed by atoms with van der Waals surface area (Å²) in [6.45, 7) is 1.83. The number of nitrogens with one attached hydrogen (secondary N) is 1. The predicted octanol–water partition coefficient (Wildman–Crippen LogP) is -0.0903. The summed E-state index contributed by atoms with van der Waals surface area (Å²) >= 11 is 0. The molecule has 1 aliphatic rings. The fourth-order valence-electron chi connectivity index (χ4n) is 2.32. The van der Waals surface area contributed by atoms with E-state index in [4.69, 9.17) is 24.4 Å². The number of anilines is 1. The van der Waals surface area contributed by atoms with E-state index >= 15 is 0 Å². The van der Waals surface area contributed by atoms with Crippen LogP contribution in [-0.2, 0) is 14.2 Å². The van der Waals surface area contributed by atoms with Gasteiger partial charge in [-0.05, 0) is 6.92 Å². The van der Waals surface area contributed by atoms with E-state index in [0.717, 1.165) is 0 Å². The molecule has 1 aliphatic heterocycles. The van der Waals surface area contributed by atoms with Crippen molar-refractivity contribution >= 4 is 17.0 Å². The van der Waals surface area contributed by atoms with Gasteiger partial charge in [0.05, 0.1) is 25.6 Å². The number of fused-ring (bicyclic) bond motifs is 1. The molecule has 0 aliphatic carbocycles. The fourth-order valence-corrected chi connectivity index (χ4v) is 2.32. The van der Waals surface area contributed by atoms with Crippen LogP contribution in [0, 0.1) is 0 Å². The number of H-pyrrole nitrogens is 1. The maximum Gasteiger partial charge on any atom is 0.295 e. The molecule has 0 radical (unpaired) electrons. The minimum Gasteiger partial charge on any atom is -0.456 e. The number of hydrogen-bond donors (Lipinski definition) is 3. The van der Waals surface area contributed by atoms with Crippen molar-refractivity contribution in [1.29, 1.82) is 0 Å². The van der Waals surface area contributed by atoms with E-state index in [1.54, 1.807) is 6.92 Å². The Labute approximate surface area is 125 Å². The van der Waals surface area contributed by atoms with Crippen LogP contribution >= 0.6 is 0 Å². The average molecular weight is 311 g/mol. The third kappa shape index (κ3) is 2.71. The monoisotopic (exact) mass is 311 g/mol. The number of ether oxygens (including phenoxy) is 3. The number of aliphatic hydroxyl groups excluding tert-OH is 1. The van der Waals surface area contributed by atoms with Crippen LogP contribution in [0.15, 0.2) is 15.5 Å². The summed E-state index contributed by atoms with van der Waals surface area (Å²) in [6.07, 6.45) is -0.0360. The first-order valence-corrected chi connectivity index (χ1v) is 6.82. The van der Waals surface area contributed by atoms with E-state index in [1.807, 2.05) is 0 Å². The van der Waals surface area contributed by atoms with Gasteiger partial charge in [-0.2, -0.15) is 0 Å². The lowest BCUT2D eigenvalue weighted by Crippen LogP contribution is -2.37. The number of furan rings is 1. The second kappa shape index (κ2) is 6.05. The molecule has 1 fully saturated rings. The maximum atomic E-state index is 11.8. The molecule has 22 heavy (non-hydrogen) atoms. The van der Waals surface area contributed by atoms with E-state index in [1.165, 1.54) is 6.26 Å². The van der Waals surface area contributed by atoms with Gasteiger partial charge in [0.15, 0.2) is 0 Å². The molecule has 0 spiro atoms. The molecule has 0 bridgehead atoms. The Bertz CT molecular complexity index is 711. The van der Waals surface area contributed by atoms with Crippen LogP contribution in [-0.4, -0.2) is 47.3 Å². The second-order valence-corrected chi connectivity index (χ2v) is 5.03. The zero-order valence-corrected chi connectivity index (χ0v) is 11.9. The number of nitrogens with zero attached hydrogens (tertiary/aromatic N) is 1. The molecular formula is C13H17N3O6. The number of rotatable bonds is 2. The Morgan fingerprint density at radius 2 is 2.36 bits per heavy atom. The highest BCUT2D eigenvalue weighted by molar-refractivity contribution is 5.76. The quantitative estimate of drug-likeness (QED) is 0.701. The largest absolute Gasteiger partial charge is 0.456 e. The molecule has 4 N–H and O–H groups in total. The van der Waals surface area contributed by atoms with Gasteiger partial charge in [0.1, 0.15) is 24.5 Å². The molecular weight excluding hydrogens is 294 g/mol. The Morgan fingerprint density at radius 3 is 3.14 bits per heavy atom. The molecule has 2 aromatic heterocycles. The van der Waals surface area contributed by atoms with Crippen LogP contribution < -0.4 is 11.3 Å². The molecule has 0 amide bonds. The maximum absolute atomic E-state index is 11.8. The third-order valence-corrected chi connectivity index (χ3v) is 3.55. The minimum atomic E-state index is -0.557. The molecule has 0 aromatic carbocycles. The summed E-state index contributed by atoms with van der Waals surface area (Å²) in [5.74, 6) is -0.0117. The van der Waals surface area contributed by atoms with Gasteiger partial charge >= 0.3 is 0 Å². The second-order valence-electron chi connectivity index (χ2n) is 5.03. The molecule has 0 saturated carbocycles. The fraction of sp³-hybridized carbons (Fsp3) is 0.538. The molecule has 1 saturated heterocycles. The van der Waals surface area contributed by atoms with Crippen molar-refractivity contribution in [1.82, 2.24) is 9.97 Å². The van der Waals surface area contributed by atoms with E-state index in [-0.39, 0.29) is 37.6 Å². The van der Waals surface area contributed by atoms with Gasteiger partial charge in [-0.1, -0.05) is 0 Å². The zero-order chi connectivity index (χ0) is 15.7. The Morgan fingerprint density at radius 1 is 1.55 bits per heavy atom. The summed E-state index contributed by atoms with van der Waals surface area (Å²) in [5.41, 5.74) is 6.04. The predicted molar refractivity (Wildman–Crippen MR) is 75.1 cm³/mol. The van der Waals surface area contributed by atoms with Crippen molar-refractivity contribution in [3.63, 3.8) is 0 Å². The Balaban J connectivity index is 1.99. The lowest BCUT2D eigenvalue weighted by molar-refractivity contribution is -0.203. The summed E-state index contributed by atoms with van der Waals surface area (Å²) < 4.78 is 21.8. The number of aromatic nitrogens is 2. The van der Waals surface area contributed by atoms with Gasteiger partial charge < -0.3 is 29.5 Å². The number of hydrogen-bond acceptors (Lipinski definition) is 8. The average Bonchev–Trinajstić information content (AvgIpc) is 2.88. The lowest BCUT2D eigenvalue weighted by atomic mass is 10.1. The normalized spacial score (nSPS) is 26.7. The van der Waals surface area contributed by atoms with Crippen molar-refractivity contribution in [3.05, 3.63) is 22.2 Å². The standard InChI is InChI=1S/C13H17N3O6/c1-6-8(2-17)22-9(4-19-5-21-6)7-3-20-11-10(7)15-13(14)16-12(11)18/h3,6,8-9,17H,2,4-5H2,1H3,(H3,14,15,16,18)/t6-,8+,9-/m0/s1. The van der Waals surface area contributed by atoms with Gasteiger partial charge in [-0.3, -0.25) is 9.78 Å². The van der Waals surface area contributed by atoms with Gasteiger partial charge in [-0.15, -0.1) is 0 Å². The van der Waals surface area contributed by atoms with E-state index in [0.29, 0.717) is 11.1 Å². The molecule has 9 heteroatoms. The molecule has 3 rings (SSSR count). The van der Waals surface area contributed by atoms with Crippen LogP contribution in [0.1, 0.15) is 18.6 Å². The third-order valence-electron chi connectivity index (χ3n) is 3.55. The topological polar surface area (TPSA) is 133 Å². The van der Waals surface area contributed by atoms with Crippen LogP contribution in [0.2, 0.25) is 0 Å². The first-order chi connectivity index (χ1) is 10.6. The SMILES string of the molecule is C[C@@H]1OCOC[C@@H](c2coc3c(=O)[nH]c(N)nc23)O[C@@H]1CO. The zero-order valence-electron chi connectivity index (χ0n) is 11.9. The minimum absolute atomic E-state index is 0.0117. The van der Waals surface area contributed by atoms with E-state index < -0.39 is 17.8 Å². The summed E-state index contributed by atoms with van der Waals surface area (Å²) in [7, 11) is 0. The first kappa shape index (κ1) is 15.0. The Hall–Kier alpha value is -1.94. The Kier molecular flexibility index (Phi) is 4.12. The molecule has 3 heterocycles. The smallest absolute Gasteiger partial charge is 0.295 e. The number of aliphatic hydroxyl groups is 1. The summed E-state index contributed by atoms with van der Waals surface area (Å²) in [5, 5.41) is 9.44. The van der Waals surface area contributed by atoms with Gasteiger partial charge in [0.2, 0.25) is 11.5 Å². The van der Waals surface area contributed by atoms with Crippen LogP contribution in [0.5, 0.6) is 0 Å². The van der Waals surface area contributed by atoms with Crippen LogP contribution in [0.3, 0.4) is 0 Å². The lowest BCUT2D eigenvalue weighted by Gasteiger charge is -2.30. The highest BCUT2D eigenvalue weighted by Gasteiger charge is 2.29.